The number of rotatable bonds is 2. The third-order valence-electron chi connectivity index (χ3n) is 3.20. The molecule has 1 atom stereocenters. The fraction of sp³-hybridized carbons (Fsp3) is 0.500. The highest BCUT2D eigenvalue weighted by atomic mass is 15.2. The molecule has 5 nitrogen and oxygen atoms in total. The molecule has 1 unspecified atom stereocenters. The highest BCUT2D eigenvalue weighted by molar-refractivity contribution is 5.73. The third kappa shape index (κ3) is 1.86. The topological polar surface area (TPSA) is 56.8 Å². The molecule has 2 N–H and O–H groups in total. The molecule has 3 heterocycles. The van der Waals surface area contributed by atoms with Gasteiger partial charge < -0.3 is 15.2 Å². The van der Waals surface area contributed by atoms with Crippen LogP contribution in [-0.2, 0) is 0 Å². The summed E-state index contributed by atoms with van der Waals surface area (Å²) in [6.45, 7) is 1.08. The van der Waals surface area contributed by atoms with Gasteiger partial charge in [0.25, 0.3) is 0 Å². The van der Waals surface area contributed by atoms with Crippen molar-refractivity contribution in [2.75, 3.05) is 25.5 Å². The summed E-state index contributed by atoms with van der Waals surface area (Å²) in [5.41, 5.74) is 1.82. The molecule has 0 radical (unpaired) electrons. The molecule has 1 saturated heterocycles. The Morgan fingerprint density at radius 1 is 1.29 bits per heavy atom. The Balaban J connectivity index is 2.00. The lowest BCUT2D eigenvalue weighted by molar-refractivity contribution is 0.614. The molecular formula is C12H17N5. The molecule has 3 rings (SSSR count). The predicted octanol–water partition coefficient (Wildman–Crippen LogP) is 1.45. The van der Waals surface area contributed by atoms with Crippen LogP contribution in [0, 0.1) is 0 Å². The summed E-state index contributed by atoms with van der Waals surface area (Å²) in [6, 6.07) is 4.42. The van der Waals surface area contributed by atoms with Gasteiger partial charge in [-0.3, -0.25) is 0 Å². The standard InChI is InChI=1S/C12H17N5/c1-17(2)10-6-5-9-12(15-10)16-11(14-9)8-4-3-7-13-8/h5-6,8,13H,3-4,7H2,1-2H3,(H,14,15,16). The van der Waals surface area contributed by atoms with E-state index in [4.69, 9.17) is 0 Å². The molecule has 90 valence electrons. The second kappa shape index (κ2) is 4.00. The van der Waals surface area contributed by atoms with Crippen molar-refractivity contribution in [2.24, 2.45) is 0 Å². The first-order valence-electron chi connectivity index (χ1n) is 6.01. The smallest absolute Gasteiger partial charge is 0.179 e. The van der Waals surface area contributed by atoms with E-state index in [2.05, 4.69) is 20.3 Å². The molecule has 1 fully saturated rings. The van der Waals surface area contributed by atoms with Crippen LogP contribution in [0.15, 0.2) is 12.1 Å². The zero-order valence-corrected chi connectivity index (χ0v) is 10.2. The average Bonchev–Trinajstić information content (AvgIpc) is 2.96. The van der Waals surface area contributed by atoms with Crippen molar-refractivity contribution in [3.63, 3.8) is 0 Å². The molecule has 0 saturated carbocycles. The molecular weight excluding hydrogens is 214 g/mol. The molecule has 1 aliphatic heterocycles. The summed E-state index contributed by atoms with van der Waals surface area (Å²) in [6.07, 6.45) is 2.37. The quantitative estimate of drug-likeness (QED) is 0.821. The number of anilines is 1. The SMILES string of the molecule is CN(C)c1ccc2[nH]c(C3CCCN3)nc2n1. The third-order valence-corrected chi connectivity index (χ3v) is 3.20. The van der Waals surface area contributed by atoms with Gasteiger partial charge in [0.1, 0.15) is 11.6 Å². The van der Waals surface area contributed by atoms with Crippen molar-refractivity contribution in [2.45, 2.75) is 18.9 Å². The summed E-state index contributed by atoms with van der Waals surface area (Å²) in [5.74, 6) is 1.95. The zero-order valence-electron chi connectivity index (χ0n) is 10.2. The van der Waals surface area contributed by atoms with Gasteiger partial charge in [-0.1, -0.05) is 0 Å². The Morgan fingerprint density at radius 2 is 2.18 bits per heavy atom. The van der Waals surface area contributed by atoms with E-state index in [0.29, 0.717) is 6.04 Å². The molecule has 0 aromatic carbocycles. The molecule has 17 heavy (non-hydrogen) atoms. The van der Waals surface area contributed by atoms with Crippen LogP contribution >= 0.6 is 0 Å². The first-order valence-corrected chi connectivity index (χ1v) is 6.01. The second-order valence-corrected chi connectivity index (χ2v) is 4.71. The highest BCUT2D eigenvalue weighted by Crippen LogP contribution is 2.23. The number of hydrogen-bond donors (Lipinski definition) is 2. The van der Waals surface area contributed by atoms with Crippen LogP contribution in [0.1, 0.15) is 24.7 Å². The largest absolute Gasteiger partial charge is 0.363 e. The van der Waals surface area contributed by atoms with Crippen molar-refractivity contribution < 1.29 is 0 Å². The number of nitrogens with zero attached hydrogens (tertiary/aromatic N) is 3. The van der Waals surface area contributed by atoms with Gasteiger partial charge in [0, 0.05) is 14.1 Å². The molecule has 2 aromatic heterocycles. The van der Waals surface area contributed by atoms with Crippen molar-refractivity contribution in [1.82, 2.24) is 20.3 Å². The Kier molecular flexibility index (Phi) is 2.48. The van der Waals surface area contributed by atoms with Gasteiger partial charge in [-0.15, -0.1) is 0 Å². The van der Waals surface area contributed by atoms with Gasteiger partial charge in [-0.25, -0.2) is 9.97 Å². The first kappa shape index (κ1) is 10.5. The summed E-state index contributed by atoms with van der Waals surface area (Å²) < 4.78 is 0. The van der Waals surface area contributed by atoms with E-state index in [1.807, 2.05) is 31.1 Å². The van der Waals surface area contributed by atoms with Gasteiger partial charge in [0.15, 0.2) is 5.65 Å². The van der Waals surface area contributed by atoms with Gasteiger partial charge in [-0.2, -0.15) is 0 Å². The first-order chi connectivity index (χ1) is 8.24. The Hall–Kier alpha value is -1.62. The number of aromatic nitrogens is 3. The van der Waals surface area contributed by atoms with E-state index >= 15 is 0 Å². The maximum Gasteiger partial charge on any atom is 0.179 e. The van der Waals surface area contributed by atoms with Crippen LogP contribution in [0.4, 0.5) is 5.82 Å². The summed E-state index contributed by atoms with van der Waals surface area (Å²) in [5, 5.41) is 3.44. The van der Waals surface area contributed by atoms with Crippen molar-refractivity contribution in [1.29, 1.82) is 0 Å². The predicted molar refractivity (Wildman–Crippen MR) is 68.2 cm³/mol. The van der Waals surface area contributed by atoms with Crippen LogP contribution in [0.3, 0.4) is 0 Å². The lowest BCUT2D eigenvalue weighted by atomic mass is 10.2. The van der Waals surface area contributed by atoms with Crippen molar-refractivity contribution in [3.05, 3.63) is 18.0 Å². The van der Waals surface area contributed by atoms with E-state index in [-0.39, 0.29) is 0 Å². The zero-order chi connectivity index (χ0) is 11.8. The number of pyridine rings is 1. The molecule has 0 bridgehead atoms. The van der Waals surface area contributed by atoms with Crippen LogP contribution in [0.5, 0.6) is 0 Å². The molecule has 2 aromatic rings. The molecule has 1 aliphatic rings. The van der Waals surface area contributed by atoms with Crippen LogP contribution in [-0.4, -0.2) is 35.6 Å². The Labute approximate surface area is 100 Å². The average molecular weight is 231 g/mol. The molecule has 0 aliphatic carbocycles. The maximum absolute atomic E-state index is 4.58. The summed E-state index contributed by atoms with van der Waals surface area (Å²) in [4.78, 5) is 14.4. The minimum atomic E-state index is 0.368. The monoisotopic (exact) mass is 231 g/mol. The minimum absolute atomic E-state index is 0.368. The summed E-state index contributed by atoms with van der Waals surface area (Å²) in [7, 11) is 3.97. The van der Waals surface area contributed by atoms with Gasteiger partial charge in [0.05, 0.1) is 11.6 Å². The molecule has 5 heteroatoms. The molecule has 0 spiro atoms. The van der Waals surface area contributed by atoms with Crippen molar-refractivity contribution in [3.8, 4) is 0 Å². The van der Waals surface area contributed by atoms with Crippen LogP contribution in [0.2, 0.25) is 0 Å². The van der Waals surface area contributed by atoms with E-state index in [1.165, 1.54) is 6.42 Å². The fourth-order valence-electron chi connectivity index (χ4n) is 2.23. The van der Waals surface area contributed by atoms with E-state index in [1.54, 1.807) is 0 Å². The van der Waals surface area contributed by atoms with Gasteiger partial charge >= 0.3 is 0 Å². The Morgan fingerprint density at radius 3 is 2.88 bits per heavy atom. The van der Waals surface area contributed by atoms with E-state index < -0.39 is 0 Å². The minimum Gasteiger partial charge on any atom is -0.363 e. The van der Waals surface area contributed by atoms with E-state index in [9.17, 15) is 0 Å². The summed E-state index contributed by atoms with van der Waals surface area (Å²) >= 11 is 0. The number of imidazole rings is 1. The fourth-order valence-corrected chi connectivity index (χ4v) is 2.23. The highest BCUT2D eigenvalue weighted by Gasteiger charge is 2.19. The van der Waals surface area contributed by atoms with Gasteiger partial charge in [0.2, 0.25) is 0 Å². The van der Waals surface area contributed by atoms with E-state index in [0.717, 1.165) is 35.8 Å². The normalized spacial score (nSPS) is 20.0. The van der Waals surface area contributed by atoms with Gasteiger partial charge in [-0.05, 0) is 31.5 Å². The second-order valence-electron chi connectivity index (χ2n) is 4.71. The number of H-pyrrole nitrogens is 1. The molecule has 0 amide bonds. The number of hydrogen-bond acceptors (Lipinski definition) is 4. The lowest BCUT2D eigenvalue weighted by Gasteiger charge is -2.09. The number of nitrogens with one attached hydrogen (secondary N) is 2. The number of fused-ring (bicyclic) bond motifs is 1. The lowest BCUT2D eigenvalue weighted by Crippen LogP contribution is -2.14. The maximum atomic E-state index is 4.58. The number of aromatic amines is 1. The Bertz CT molecular complexity index is 525. The van der Waals surface area contributed by atoms with Crippen LogP contribution in [0.25, 0.3) is 11.2 Å². The van der Waals surface area contributed by atoms with Crippen LogP contribution < -0.4 is 10.2 Å². The van der Waals surface area contributed by atoms with Crippen molar-refractivity contribution >= 4 is 17.0 Å².